The number of esters is 1. The Morgan fingerprint density at radius 1 is 1.10 bits per heavy atom. The molecule has 0 saturated heterocycles. The normalized spacial score (nSPS) is 32.7. The van der Waals surface area contributed by atoms with Crippen LogP contribution in [-0.4, -0.2) is 35.6 Å². The first-order chi connectivity index (χ1) is 13.5. The van der Waals surface area contributed by atoms with Gasteiger partial charge >= 0.3 is 12.3 Å². The van der Waals surface area contributed by atoms with Gasteiger partial charge in [-0.05, 0) is 74.6 Å². The molecule has 5 rings (SSSR count). The second kappa shape index (κ2) is 6.90. The Morgan fingerprint density at radius 2 is 1.72 bits per heavy atom. The van der Waals surface area contributed by atoms with E-state index >= 15 is 0 Å². The van der Waals surface area contributed by atoms with Crippen molar-refractivity contribution in [2.75, 3.05) is 11.9 Å². The number of anilines is 1. The zero-order chi connectivity index (χ0) is 20.9. The fraction of sp³-hybridized carbons (Fsp3) is 0.600. The van der Waals surface area contributed by atoms with E-state index in [-0.39, 0.29) is 5.69 Å². The van der Waals surface area contributed by atoms with Crippen molar-refractivity contribution in [3.63, 3.8) is 0 Å². The van der Waals surface area contributed by atoms with Gasteiger partial charge in [0.1, 0.15) is 5.75 Å². The van der Waals surface area contributed by atoms with E-state index in [0.717, 1.165) is 31.4 Å². The number of halogens is 3. The third-order valence-electron chi connectivity index (χ3n) is 6.17. The van der Waals surface area contributed by atoms with Crippen LogP contribution in [0.3, 0.4) is 0 Å². The van der Waals surface area contributed by atoms with Gasteiger partial charge in [0, 0.05) is 5.69 Å². The molecule has 9 heteroatoms. The van der Waals surface area contributed by atoms with Crippen LogP contribution in [0.1, 0.15) is 38.5 Å². The second-order valence-corrected chi connectivity index (χ2v) is 8.66. The summed E-state index contributed by atoms with van der Waals surface area (Å²) < 4.78 is 45.5. The minimum atomic E-state index is -4.79. The highest BCUT2D eigenvalue weighted by atomic mass is 19.4. The highest BCUT2D eigenvalue weighted by Crippen LogP contribution is 2.61. The number of ether oxygens (including phenoxy) is 2. The van der Waals surface area contributed by atoms with Crippen molar-refractivity contribution in [3.8, 4) is 5.75 Å². The van der Waals surface area contributed by atoms with Crippen molar-refractivity contribution < 1.29 is 37.3 Å². The molecule has 4 saturated carbocycles. The molecule has 6 nitrogen and oxygen atoms in total. The molecule has 0 spiro atoms. The number of nitrogens with one attached hydrogen (secondary N) is 1. The number of benzene rings is 1. The summed E-state index contributed by atoms with van der Waals surface area (Å²) in [7, 11) is 0. The summed E-state index contributed by atoms with van der Waals surface area (Å²) in [5.41, 5.74) is -1.26. The summed E-state index contributed by atoms with van der Waals surface area (Å²) in [5, 5.41) is 13.2. The van der Waals surface area contributed by atoms with Gasteiger partial charge in [-0.25, -0.2) is 0 Å². The van der Waals surface area contributed by atoms with Crippen LogP contribution in [0.2, 0.25) is 0 Å². The highest BCUT2D eigenvalue weighted by Gasteiger charge is 2.60. The van der Waals surface area contributed by atoms with Crippen LogP contribution in [0.15, 0.2) is 24.3 Å². The lowest BCUT2D eigenvalue weighted by atomic mass is 9.48. The Labute approximate surface area is 165 Å². The van der Waals surface area contributed by atoms with Gasteiger partial charge in [-0.3, -0.25) is 9.59 Å². The molecule has 1 aromatic rings. The Balaban J connectivity index is 1.30. The SMILES string of the molecule is O=C(COC(=O)C12CC3CC(CC(O)(C3)C1)C2)Nc1ccc(OC(F)(F)F)cc1. The average molecular weight is 413 g/mol. The number of hydrogen-bond acceptors (Lipinski definition) is 5. The van der Waals surface area contributed by atoms with E-state index in [1.807, 2.05) is 0 Å². The second-order valence-electron chi connectivity index (χ2n) is 8.66. The highest BCUT2D eigenvalue weighted by molar-refractivity contribution is 5.93. The van der Waals surface area contributed by atoms with E-state index in [1.165, 1.54) is 12.1 Å². The Kier molecular flexibility index (Phi) is 4.76. The van der Waals surface area contributed by atoms with E-state index in [2.05, 4.69) is 10.1 Å². The molecule has 0 aromatic heterocycles. The maximum absolute atomic E-state index is 12.7. The first-order valence-corrected chi connectivity index (χ1v) is 9.60. The molecule has 1 amide bonds. The minimum absolute atomic E-state index is 0.254. The summed E-state index contributed by atoms with van der Waals surface area (Å²) in [5.74, 6) is -0.804. The van der Waals surface area contributed by atoms with Crippen LogP contribution in [0.4, 0.5) is 18.9 Å². The molecule has 0 radical (unpaired) electrons. The van der Waals surface area contributed by atoms with Crippen LogP contribution < -0.4 is 10.1 Å². The van der Waals surface area contributed by atoms with E-state index in [1.54, 1.807) is 0 Å². The van der Waals surface area contributed by atoms with Gasteiger partial charge in [-0.1, -0.05) is 0 Å². The average Bonchev–Trinajstić information content (AvgIpc) is 2.58. The summed E-state index contributed by atoms with van der Waals surface area (Å²) >= 11 is 0. The van der Waals surface area contributed by atoms with Crippen LogP contribution in [0.25, 0.3) is 0 Å². The Hall–Kier alpha value is -2.29. The summed E-state index contributed by atoms with van der Waals surface area (Å²) in [6, 6.07) is 4.67. The number of rotatable bonds is 5. The molecule has 0 aliphatic heterocycles. The fourth-order valence-corrected chi connectivity index (χ4v) is 5.67. The molecule has 29 heavy (non-hydrogen) atoms. The maximum atomic E-state index is 12.7. The van der Waals surface area contributed by atoms with Gasteiger partial charge in [-0.2, -0.15) is 0 Å². The molecule has 4 bridgehead atoms. The van der Waals surface area contributed by atoms with Crippen LogP contribution in [-0.2, 0) is 14.3 Å². The van der Waals surface area contributed by atoms with Gasteiger partial charge in [-0.15, -0.1) is 13.2 Å². The molecule has 2 N–H and O–H groups in total. The van der Waals surface area contributed by atoms with Gasteiger partial charge < -0.3 is 19.9 Å². The number of carbonyl (C=O) groups excluding carboxylic acids is 2. The molecule has 0 heterocycles. The number of hydrogen-bond donors (Lipinski definition) is 2. The van der Waals surface area contributed by atoms with Gasteiger partial charge in [0.05, 0.1) is 11.0 Å². The molecular weight excluding hydrogens is 391 g/mol. The van der Waals surface area contributed by atoms with Crippen molar-refractivity contribution >= 4 is 17.6 Å². The van der Waals surface area contributed by atoms with Crippen LogP contribution >= 0.6 is 0 Å². The molecule has 4 aliphatic rings. The van der Waals surface area contributed by atoms with Gasteiger partial charge in [0.2, 0.25) is 0 Å². The van der Waals surface area contributed by atoms with Crippen LogP contribution in [0, 0.1) is 17.3 Å². The third-order valence-corrected chi connectivity index (χ3v) is 6.17. The molecule has 4 fully saturated rings. The largest absolute Gasteiger partial charge is 0.573 e. The molecule has 2 atom stereocenters. The van der Waals surface area contributed by atoms with Crippen molar-refractivity contribution in [2.24, 2.45) is 17.3 Å². The number of aliphatic hydroxyl groups is 1. The number of carbonyl (C=O) groups is 2. The summed E-state index contributed by atoms with van der Waals surface area (Å²) in [6.07, 6.45) is -0.538. The smallest absolute Gasteiger partial charge is 0.455 e. The number of amides is 1. The Morgan fingerprint density at radius 3 is 2.28 bits per heavy atom. The molecule has 4 aliphatic carbocycles. The van der Waals surface area contributed by atoms with Crippen molar-refractivity contribution in [3.05, 3.63) is 24.3 Å². The third kappa shape index (κ3) is 4.34. The standard InChI is InChI=1S/C20H22F3NO5/c21-20(22,23)29-15-3-1-14(2-4-15)24-16(25)10-28-17(26)18-6-12-5-13(7-18)9-19(27,8-12)11-18/h1-4,12-13,27H,5-11H2,(H,24,25). The van der Waals surface area contributed by atoms with Gasteiger partial charge in [0.15, 0.2) is 6.61 Å². The number of alkyl halides is 3. The molecule has 1 aromatic carbocycles. The van der Waals surface area contributed by atoms with E-state index in [0.29, 0.717) is 31.1 Å². The van der Waals surface area contributed by atoms with E-state index in [4.69, 9.17) is 4.74 Å². The van der Waals surface area contributed by atoms with Crippen molar-refractivity contribution in [2.45, 2.75) is 50.5 Å². The lowest BCUT2D eigenvalue weighted by Crippen LogP contribution is -2.58. The predicted molar refractivity (Wildman–Crippen MR) is 94.8 cm³/mol. The lowest BCUT2D eigenvalue weighted by Gasteiger charge is -2.58. The van der Waals surface area contributed by atoms with Gasteiger partial charge in [0.25, 0.3) is 5.91 Å². The quantitative estimate of drug-likeness (QED) is 0.723. The Bertz CT molecular complexity index is 793. The van der Waals surface area contributed by atoms with Crippen LogP contribution in [0.5, 0.6) is 5.75 Å². The first kappa shape index (κ1) is 20.0. The van der Waals surface area contributed by atoms with E-state index < -0.39 is 41.6 Å². The monoisotopic (exact) mass is 413 g/mol. The van der Waals surface area contributed by atoms with Crippen molar-refractivity contribution in [1.29, 1.82) is 0 Å². The molecular formula is C20H22F3NO5. The summed E-state index contributed by atoms with van der Waals surface area (Å²) in [6.45, 7) is -0.491. The van der Waals surface area contributed by atoms with Crippen molar-refractivity contribution in [1.82, 2.24) is 0 Å². The topological polar surface area (TPSA) is 84.9 Å². The maximum Gasteiger partial charge on any atom is 0.573 e. The zero-order valence-electron chi connectivity index (χ0n) is 15.6. The lowest BCUT2D eigenvalue weighted by molar-refractivity contribution is -0.274. The van der Waals surface area contributed by atoms with E-state index in [9.17, 15) is 27.9 Å². The summed E-state index contributed by atoms with van der Waals surface area (Å²) in [4.78, 5) is 24.8. The predicted octanol–water partition coefficient (Wildman–Crippen LogP) is 3.40. The first-order valence-electron chi connectivity index (χ1n) is 9.60. The molecule has 158 valence electrons. The minimum Gasteiger partial charge on any atom is -0.455 e. The zero-order valence-corrected chi connectivity index (χ0v) is 15.6. The fourth-order valence-electron chi connectivity index (χ4n) is 5.67. The molecule has 2 unspecified atom stereocenters.